The molecule has 0 aromatic heterocycles. The Morgan fingerprint density at radius 2 is 1.16 bits per heavy atom. The van der Waals surface area contributed by atoms with Crippen LogP contribution in [0.5, 0.6) is 0 Å². The van der Waals surface area contributed by atoms with Crippen LogP contribution in [0.3, 0.4) is 0 Å². The van der Waals surface area contributed by atoms with E-state index in [0.717, 1.165) is 35.1 Å². The van der Waals surface area contributed by atoms with Gasteiger partial charge in [0, 0.05) is 5.57 Å². The summed E-state index contributed by atoms with van der Waals surface area (Å²) in [4.78, 5) is 11.4. The molecular weight excluding hydrogens is 572 g/mol. The van der Waals surface area contributed by atoms with Gasteiger partial charge in [-0.1, -0.05) is 115 Å². The lowest BCUT2D eigenvalue weighted by molar-refractivity contribution is -0.159. The fourth-order valence-electron chi connectivity index (χ4n) is 4.11. The molecule has 0 saturated carbocycles. The Kier molecular flexibility index (Phi) is 20.9. The Balaban J connectivity index is 4.84. The first kappa shape index (κ1) is 41.9. The van der Waals surface area contributed by atoms with Crippen LogP contribution < -0.4 is 0 Å². The van der Waals surface area contributed by atoms with Crippen molar-refractivity contribution >= 4 is 5.97 Å². The van der Waals surface area contributed by atoms with E-state index in [1.54, 1.807) is 26.8 Å². The minimum Gasteiger partial charge on any atom is -0.466 e. The molecule has 0 aliphatic rings. The molecule has 5 unspecified atom stereocenters. The van der Waals surface area contributed by atoms with Crippen molar-refractivity contribution in [2.45, 2.75) is 98.2 Å². The van der Waals surface area contributed by atoms with Crippen LogP contribution in [0.25, 0.3) is 0 Å². The summed E-state index contributed by atoms with van der Waals surface area (Å²) in [5, 5.41) is 59.3. The lowest BCUT2D eigenvalue weighted by Crippen LogP contribution is -2.53. The van der Waals surface area contributed by atoms with Crippen molar-refractivity contribution in [1.29, 1.82) is 0 Å². The zero-order chi connectivity index (χ0) is 34.6. The van der Waals surface area contributed by atoms with Crippen molar-refractivity contribution in [3.8, 4) is 0 Å². The van der Waals surface area contributed by atoms with Crippen molar-refractivity contribution in [1.82, 2.24) is 0 Å². The van der Waals surface area contributed by atoms with Gasteiger partial charge in [0.25, 0.3) is 0 Å². The number of methoxy groups -OCH3 is 1. The third kappa shape index (κ3) is 17.8. The Labute approximate surface area is 270 Å². The van der Waals surface area contributed by atoms with Gasteiger partial charge in [-0.2, -0.15) is 0 Å². The smallest absolute Gasteiger partial charge is 0.333 e. The summed E-state index contributed by atoms with van der Waals surface area (Å²) in [6.07, 6.45) is 19.4. The minimum atomic E-state index is -1.80. The molecule has 0 rings (SSSR count). The quantitative estimate of drug-likeness (QED) is 0.0657. The van der Waals surface area contributed by atoms with Crippen molar-refractivity contribution < 1.29 is 40.2 Å². The minimum absolute atomic E-state index is 0.342. The van der Waals surface area contributed by atoms with Crippen molar-refractivity contribution in [3.63, 3.8) is 0 Å². The fraction of sp³-hybridized carbons (Fsp3) is 0.486. The van der Waals surface area contributed by atoms with Gasteiger partial charge in [0.1, 0.15) is 24.4 Å². The number of ether oxygens (including phenoxy) is 1. The summed E-state index contributed by atoms with van der Waals surface area (Å²) in [5.74, 6) is -0.342. The molecule has 0 saturated heterocycles. The predicted molar refractivity (Wildman–Crippen MR) is 182 cm³/mol. The highest BCUT2D eigenvalue weighted by Gasteiger charge is 2.40. The molecule has 0 radical (unpaired) electrons. The summed E-state index contributed by atoms with van der Waals surface area (Å²) >= 11 is 0. The first-order valence-corrected chi connectivity index (χ1v) is 15.2. The van der Waals surface area contributed by atoms with Gasteiger partial charge in [0.2, 0.25) is 0 Å². The van der Waals surface area contributed by atoms with Crippen LogP contribution in [0, 0.1) is 5.41 Å². The second-order valence-electron chi connectivity index (χ2n) is 12.1. The summed E-state index contributed by atoms with van der Waals surface area (Å²) in [7, 11) is 1.36. The molecule has 5 atom stereocenters. The topological polar surface area (TPSA) is 148 Å². The number of hydrogen-bond donors (Lipinski definition) is 6. The maximum absolute atomic E-state index is 11.4. The molecule has 0 heterocycles. The molecule has 0 fully saturated rings. The zero-order valence-electron chi connectivity index (χ0n) is 28.2. The monoisotopic (exact) mass is 628 g/mol. The van der Waals surface area contributed by atoms with E-state index in [9.17, 15) is 30.3 Å². The lowest BCUT2D eigenvalue weighted by Gasteiger charge is -2.37. The van der Waals surface area contributed by atoms with Gasteiger partial charge in [-0.05, 0) is 59.3 Å². The first-order chi connectivity index (χ1) is 21.1. The van der Waals surface area contributed by atoms with Gasteiger partial charge in [-0.25, -0.2) is 4.79 Å². The molecule has 8 heteroatoms. The number of aliphatic hydroxyl groups is 6. The highest BCUT2D eigenvalue weighted by Crippen LogP contribution is 2.32. The molecule has 0 aromatic carbocycles. The first-order valence-electron chi connectivity index (χ1n) is 15.2. The highest BCUT2D eigenvalue weighted by molar-refractivity contribution is 5.87. The normalized spacial score (nSPS) is 18.3. The van der Waals surface area contributed by atoms with Crippen molar-refractivity contribution in [2.24, 2.45) is 5.41 Å². The van der Waals surface area contributed by atoms with Crippen LogP contribution in [-0.2, 0) is 9.53 Å². The molecule has 8 nitrogen and oxygen atoms in total. The number of esters is 1. The Hall–Kier alpha value is -3.11. The maximum Gasteiger partial charge on any atom is 0.333 e. The summed E-state index contributed by atoms with van der Waals surface area (Å²) in [6, 6.07) is 0. The molecule has 0 spiro atoms. The van der Waals surface area contributed by atoms with Gasteiger partial charge in [-0.3, -0.25) is 0 Å². The SMILES string of the molecule is COC(=O)/C(C)=C/C=C/C(C)=C/C=C/C=C(C)/C=C/C=C(C)/C=C/C=C(\C)CCCC(C)(C)C(O)C(O)C(O)C(O)C(O)CO. The van der Waals surface area contributed by atoms with Gasteiger partial charge in [0.15, 0.2) is 0 Å². The third-order valence-electron chi connectivity index (χ3n) is 7.30. The van der Waals surface area contributed by atoms with Crippen LogP contribution in [0.2, 0.25) is 0 Å². The largest absolute Gasteiger partial charge is 0.466 e. The standard InChI is InChI=1S/C37H56O8/c1-26(15-9-10-16-27(2)21-13-23-30(5)36(44)45-8)17-11-18-28(3)19-12-20-29(4)22-14-24-37(6,7)35(43)34(42)33(41)32(40)31(39)25-38/h9-13,15-21,23,31-35,38-43H,14,22,24-25H2,1-8H3/b10-9+,17-11+,19-12+,21-13+,26-15+,27-16+,28-18+,29-20+,30-23+. The van der Waals surface area contributed by atoms with E-state index in [0.29, 0.717) is 12.0 Å². The molecule has 0 aromatic rings. The third-order valence-corrected chi connectivity index (χ3v) is 7.30. The van der Waals surface area contributed by atoms with E-state index in [1.165, 1.54) is 7.11 Å². The van der Waals surface area contributed by atoms with Crippen molar-refractivity contribution in [2.75, 3.05) is 13.7 Å². The van der Waals surface area contributed by atoms with Crippen LogP contribution >= 0.6 is 0 Å². The molecule has 0 aliphatic heterocycles. The number of aliphatic hydroxyl groups excluding tert-OH is 6. The summed E-state index contributed by atoms with van der Waals surface area (Å²) < 4.78 is 4.67. The molecule has 6 N–H and O–H groups in total. The van der Waals surface area contributed by atoms with Gasteiger partial charge in [0.05, 0.1) is 19.8 Å². The molecule has 0 amide bonds. The Morgan fingerprint density at radius 1 is 0.689 bits per heavy atom. The molecular formula is C37H56O8. The van der Waals surface area contributed by atoms with E-state index in [4.69, 9.17) is 5.11 Å². The number of allylic oxidation sites excluding steroid dienone is 17. The molecule has 45 heavy (non-hydrogen) atoms. The van der Waals surface area contributed by atoms with Crippen LogP contribution in [-0.4, -0.2) is 80.8 Å². The van der Waals surface area contributed by atoms with Crippen LogP contribution in [0.1, 0.15) is 67.7 Å². The Bertz CT molecular complexity index is 1180. The van der Waals surface area contributed by atoms with E-state index < -0.39 is 42.5 Å². The number of carbonyl (C=O) groups excluding carboxylic acids is 1. The Morgan fingerprint density at radius 3 is 1.64 bits per heavy atom. The predicted octanol–water partition coefficient (Wildman–Crippen LogP) is 5.11. The second-order valence-corrected chi connectivity index (χ2v) is 12.1. The van der Waals surface area contributed by atoms with Gasteiger partial charge < -0.3 is 35.4 Å². The number of carbonyl (C=O) groups is 1. The van der Waals surface area contributed by atoms with E-state index >= 15 is 0 Å². The summed E-state index contributed by atoms with van der Waals surface area (Å²) in [5.41, 5.74) is 4.17. The van der Waals surface area contributed by atoms with E-state index in [2.05, 4.69) is 4.74 Å². The highest BCUT2D eigenvalue weighted by atomic mass is 16.5. The lowest BCUT2D eigenvalue weighted by atomic mass is 9.77. The van der Waals surface area contributed by atoms with Gasteiger partial charge in [-0.15, -0.1) is 0 Å². The zero-order valence-corrected chi connectivity index (χ0v) is 28.2. The summed E-state index contributed by atoms with van der Waals surface area (Å²) in [6.45, 7) is 12.5. The molecule has 0 bridgehead atoms. The molecule has 0 aliphatic carbocycles. The fourth-order valence-corrected chi connectivity index (χ4v) is 4.11. The average molecular weight is 629 g/mol. The second kappa shape index (κ2) is 22.4. The number of rotatable bonds is 19. The van der Waals surface area contributed by atoms with Gasteiger partial charge >= 0.3 is 5.97 Å². The van der Waals surface area contributed by atoms with E-state index in [1.807, 2.05) is 101 Å². The number of hydrogen-bond acceptors (Lipinski definition) is 8. The maximum atomic E-state index is 11.4. The van der Waals surface area contributed by atoms with Crippen LogP contribution in [0.15, 0.2) is 107 Å². The molecule has 252 valence electrons. The van der Waals surface area contributed by atoms with Crippen molar-refractivity contribution in [3.05, 3.63) is 107 Å². The van der Waals surface area contributed by atoms with Crippen LogP contribution in [0.4, 0.5) is 0 Å². The van der Waals surface area contributed by atoms with E-state index in [-0.39, 0.29) is 5.97 Å². The average Bonchev–Trinajstić information content (AvgIpc) is 3.00.